The molecule has 7 rings (SSSR count). The number of amides is 6. The summed E-state index contributed by atoms with van der Waals surface area (Å²) in [5, 5.41) is 8.42. The van der Waals surface area contributed by atoms with Crippen molar-refractivity contribution in [1.82, 2.24) is 30.7 Å². The van der Waals surface area contributed by atoms with E-state index in [0.29, 0.717) is 62.1 Å². The molecule has 0 unspecified atom stereocenters. The van der Waals surface area contributed by atoms with E-state index in [4.69, 9.17) is 14.2 Å². The Kier molecular flexibility index (Phi) is 12.2. The van der Waals surface area contributed by atoms with E-state index in [1.165, 1.54) is 14.7 Å². The molecule has 5 aliphatic rings. The molecule has 3 N–H and O–H groups in total. The molecule has 16 heteroatoms. The summed E-state index contributed by atoms with van der Waals surface area (Å²) in [5.74, 6) is -2.82. The molecule has 0 radical (unpaired) electrons. The van der Waals surface area contributed by atoms with Crippen LogP contribution in [0.1, 0.15) is 69.1 Å². The largest absolute Gasteiger partial charge is 0.461 e. The first kappa shape index (κ1) is 40.5. The van der Waals surface area contributed by atoms with Crippen LogP contribution in [0.3, 0.4) is 0 Å². The van der Waals surface area contributed by atoms with E-state index in [0.717, 1.165) is 11.1 Å². The molecule has 0 aromatic heterocycles. The third kappa shape index (κ3) is 8.90. The molecule has 0 bridgehead atoms. The number of hydrogen-bond donors (Lipinski definition) is 3. The molecule has 7 atom stereocenters. The van der Waals surface area contributed by atoms with E-state index >= 15 is 0 Å². The Morgan fingerprint density at radius 2 is 1.57 bits per heavy atom. The van der Waals surface area contributed by atoms with Gasteiger partial charge in [0, 0.05) is 26.1 Å². The van der Waals surface area contributed by atoms with Gasteiger partial charge in [-0.3, -0.25) is 28.8 Å². The van der Waals surface area contributed by atoms with Crippen molar-refractivity contribution in [3.05, 3.63) is 59.2 Å². The zero-order valence-electron chi connectivity index (χ0n) is 33.2. The average molecular weight is 801 g/mol. The molecule has 58 heavy (non-hydrogen) atoms. The maximum absolute atomic E-state index is 14.6. The van der Waals surface area contributed by atoms with Gasteiger partial charge < -0.3 is 44.9 Å². The van der Waals surface area contributed by atoms with Crippen LogP contribution in [0.15, 0.2) is 42.5 Å². The summed E-state index contributed by atoms with van der Waals surface area (Å²) < 4.78 is 16.6. The Bertz CT molecular complexity index is 1960. The van der Waals surface area contributed by atoms with Gasteiger partial charge in [-0.2, -0.15) is 0 Å². The second-order valence-electron chi connectivity index (χ2n) is 16.2. The standard InChI is InChI=1S/C42H52N6O10/c1-24-8-6-9-27(16-24)18-29(44-36(49)20-28-12-13-34-35(19-28)58-23-57-34)37(50)45-30-22-56-42(55)33-17-25(2)21-48(33)39(52)26(3)43-38(51)31-10-4-5-14-46(31)41(54)32-11-7-15-47(32)40(30)53/h6,8-9,12-13,16,19,25-26,29-33H,4-5,7,10-11,14-15,17-18,20-23H2,1-3H3,(H,43,51)(H,44,49)(H,45,50)/t25-,26+,29+,30+,31+,32+,33+/m1/s1. The highest BCUT2D eigenvalue weighted by molar-refractivity contribution is 5.98. The third-order valence-corrected chi connectivity index (χ3v) is 11.7. The number of cyclic esters (lactones) is 1. The van der Waals surface area contributed by atoms with Crippen molar-refractivity contribution in [1.29, 1.82) is 0 Å². The second kappa shape index (κ2) is 17.4. The number of nitrogens with one attached hydrogen (secondary N) is 3. The Morgan fingerprint density at radius 1 is 0.810 bits per heavy atom. The van der Waals surface area contributed by atoms with Crippen LogP contribution in [0.2, 0.25) is 0 Å². The monoisotopic (exact) mass is 800 g/mol. The van der Waals surface area contributed by atoms with E-state index in [1.807, 2.05) is 38.1 Å². The van der Waals surface area contributed by atoms with Gasteiger partial charge in [0.2, 0.25) is 42.2 Å². The summed E-state index contributed by atoms with van der Waals surface area (Å²) in [6.07, 6.45) is 2.94. The van der Waals surface area contributed by atoms with Crippen LogP contribution in [0.25, 0.3) is 0 Å². The van der Waals surface area contributed by atoms with Gasteiger partial charge in [-0.15, -0.1) is 0 Å². The number of carbonyl (C=O) groups excluding carboxylic acids is 7. The predicted octanol–water partition coefficient (Wildman–Crippen LogP) is 1.15. The topological polar surface area (TPSA) is 193 Å². The summed E-state index contributed by atoms with van der Waals surface area (Å²) in [5.41, 5.74) is 2.35. The Balaban J connectivity index is 1.17. The van der Waals surface area contributed by atoms with Crippen LogP contribution in [-0.4, -0.2) is 125 Å². The van der Waals surface area contributed by atoms with E-state index in [9.17, 15) is 33.6 Å². The number of fused-ring (bicyclic) bond motifs is 4. The van der Waals surface area contributed by atoms with Gasteiger partial charge in [0.05, 0.1) is 6.42 Å². The van der Waals surface area contributed by atoms with Gasteiger partial charge in [-0.1, -0.05) is 42.8 Å². The van der Waals surface area contributed by atoms with Gasteiger partial charge >= 0.3 is 5.97 Å². The molecule has 310 valence electrons. The number of esters is 1. The highest BCUT2D eigenvalue weighted by Gasteiger charge is 2.46. The van der Waals surface area contributed by atoms with Crippen molar-refractivity contribution in [2.75, 3.05) is 33.0 Å². The van der Waals surface area contributed by atoms with Crippen molar-refractivity contribution in [2.45, 2.75) is 108 Å². The number of carbonyl (C=O) groups is 7. The van der Waals surface area contributed by atoms with Gasteiger partial charge in [0.15, 0.2) is 11.5 Å². The summed E-state index contributed by atoms with van der Waals surface area (Å²) in [6.45, 7) is 5.66. The maximum atomic E-state index is 14.6. The lowest BCUT2D eigenvalue weighted by Gasteiger charge is -2.39. The fourth-order valence-corrected chi connectivity index (χ4v) is 8.75. The molecule has 5 aliphatic heterocycles. The average Bonchev–Trinajstić information content (AvgIpc) is 3.98. The highest BCUT2D eigenvalue weighted by Crippen LogP contribution is 2.33. The minimum atomic E-state index is -1.44. The van der Waals surface area contributed by atoms with Gasteiger partial charge in [0.1, 0.15) is 42.9 Å². The summed E-state index contributed by atoms with van der Waals surface area (Å²) >= 11 is 0. The molecule has 0 aliphatic carbocycles. The van der Waals surface area contributed by atoms with Crippen LogP contribution in [0, 0.1) is 12.8 Å². The Labute approximate surface area is 337 Å². The number of rotatable bonds is 7. The lowest BCUT2D eigenvalue weighted by Crippen LogP contribution is -2.62. The lowest BCUT2D eigenvalue weighted by atomic mass is 9.99. The Hall–Kier alpha value is -5.67. The normalized spacial score (nSPS) is 26.9. The number of benzene rings is 2. The number of aryl methyl sites for hydroxylation is 1. The van der Waals surface area contributed by atoms with Crippen LogP contribution in [0.4, 0.5) is 0 Å². The molecule has 0 spiro atoms. The van der Waals surface area contributed by atoms with Crippen molar-refractivity contribution >= 4 is 41.4 Å². The Morgan fingerprint density at radius 3 is 2.38 bits per heavy atom. The number of piperidine rings is 1. The van der Waals surface area contributed by atoms with Crippen molar-refractivity contribution < 1.29 is 47.8 Å². The van der Waals surface area contributed by atoms with Crippen LogP contribution >= 0.6 is 0 Å². The molecule has 5 heterocycles. The summed E-state index contributed by atoms with van der Waals surface area (Å²) in [6, 6.07) is 6.36. The molecule has 4 saturated heterocycles. The predicted molar refractivity (Wildman–Crippen MR) is 207 cm³/mol. The minimum absolute atomic E-state index is 0.0518. The maximum Gasteiger partial charge on any atom is 0.328 e. The SMILES string of the molecule is Cc1cccc(C[C@H](NC(=O)Cc2ccc3c(c2)OCO3)C(=O)N[C@H]2COC(=O)[C@@H]3C[C@@H](C)CN3C(=O)[C@H](C)NC(=O)[C@@H]3CCCCN3C(=O)[C@@H]3CCCN3C2=O)c1. The van der Waals surface area contributed by atoms with Crippen LogP contribution in [-0.2, 0) is 51.1 Å². The lowest BCUT2D eigenvalue weighted by molar-refractivity contribution is -0.158. The zero-order valence-corrected chi connectivity index (χ0v) is 33.2. The van der Waals surface area contributed by atoms with E-state index in [-0.39, 0.29) is 44.5 Å². The summed E-state index contributed by atoms with van der Waals surface area (Å²) in [4.78, 5) is 102. The fourth-order valence-electron chi connectivity index (χ4n) is 8.75. The summed E-state index contributed by atoms with van der Waals surface area (Å²) in [7, 11) is 0. The minimum Gasteiger partial charge on any atom is -0.461 e. The first-order chi connectivity index (χ1) is 27.9. The first-order valence-corrected chi connectivity index (χ1v) is 20.3. The van der Waals surface area contributed by atoms with E-state index in [1.54, 1.807) is 25.1 Å². The highest BCUT2D eigenvalue weighted by atomic mass is 16.7. The van der Waals surface area contributed by atoms with Crippen LogP contribution in [0.5, 0.6) is 11.5 Å². The van der Waals surface area contributed by atoms with Gasteiger partial charge in [0.25, 0.3) is 0 Å². The number of nitrogens with zero attached hydrogens (tertiary/aromatic N) is 3. The second-order valence-corrected chi connectivity index (χ2v) is 16.2. The fraction of sp³-hybridized carbons (Fsp3) is 0.548. The number of hydrogen-bond acceptors (Lipinski definition) is 10. The quantitative estimate of drug-likeness (QED) is 0.343. The molecule has 6 amide bonds. The molecule has 16 nitrogen and oxygen atoms in total. The molecule has 2 aromatic carbocycles. The molecule has 0 saturated carbocycles. The van der Waals surface area contributed by atoms with Gasteiger partial charge in [-0.25, -0.2) is 4.79 Å². The molecule has 2 aromatic rings. The van der Waals surface area contributed by atoms with Crippen molar-refractivity contribution in [3.8, 4) is 11.5 Å². The third-order valence-electron chi connectivity index (χ3n) is 11.7. The first-order valence-electron chi connectivity index (χ1n) is 20.3. The molecular weight excluding hydrogens is 748 g/mol. The van der Waals surface area contributed by atoms with Crippen LogP contribution < -0.4 is 25.4 Å². The van der Waals surface area contributed by atoms with Crippen molar-refractivity contribution in [2.24, 2.45) is 5.92 Å². The van der Waals surface area contributed by atoms with Crippen molar-refractivity contribution in [3.63, 3.8) is 0 Å². The van der Waals surface area contributed by atoms with E-state index in [2.05, 4.69) is 16.0 Å². The molecular formula is C42H52N6O10. The molecule has 4 fully saturated rings. The zero-order chi connectivity index (χ0) is 41.1. The number of ether oxygens (including phenoxy) is 3. The van der Waals surface area contributed by atoms with Gasteiger partial charge in [-0.05, 0) is 81.5 Å². The smallest absolute Gasteiger partial charge is 0.328 e. The van der Waals surface area contributed by atoms with E-state index < -0.39 is 78.4 Å².